The van der Waals surface area contributed by atoms with Gasteiger partial charge in [0.25, 0.3) is 0 Å². The van der Waals surface area contributed by atoms with E-state index in [-0.39, 0.29) is 0 Å². The van der Waals surface area contributed by atoms with E-state index in [1.165, 1.54) is 9.75 Å². The van der Waals surface area contributed by atoms with Gasteiger partial charge in [0.2, 0.25) is 0 Å². The molecule has 1 N–H and O–H groups in total. The van der Waals surface area contributed by atoms with Crippen molar-refractivity contribution in [2.24, 2.45) is 0 Å². The second-order valence-corrected chi connectivity index (χ2v) is 5.92. The van der Waals surface area contributed by atoms with Crippen molar-refractivity contribution < 1.29 is 9.47 Å². The first-order chi connectivity index (χ1) is 9.67. The van der Waals surface area contributed by atoms with Crippen molar-refractivity contribution in [3.63, 3.8) is 0 Å². The van der Waals surface area contributed by atoms with Crippen LogP contribution >= 0.6 is 22.9 Å². The van der Waals surface area contributed by atoms with E-state index in [1.54, 1.807) is 20.3 Å². The van der Waals surface area contributed by atoms with Gasteiger partial charge >= 0.3 is 0 Å². The van der Waals surface area contributed by atoms with Crippen LogP contribution in [0.25, 0.3) is 0 Å². The number of aryl methyl sites for hydroxylation is 1. The van der Waals surface area contributed by atoms with E-state index in [4.69, 9.17) is 21.1 Å². The van der Waals surface area contributed by atoms with Gasteiger partial charge in [-0.1, -0.05) is 18.5 Å². The molecule has 0 spiro atoms. The third-order valence-electron chi connectivity index (χ3n) is 2.99. The molecule has 0 radical (unpaired) electrons. The van der Waals surface area contributed by atoms with Crippen LogP contribution in [0.3, 0.4) is 0 Å². The smallest absolute Gasteiger partial charge is 0.143 e. The van der Waals surface area contributed by atoms with Crippen molar-refractivity contribution >= 4 is 28.6 Å². The van der Waals surface area contributed by atoms with Crippen LogP contribution in [0, 0.1) is 0 Å². The third kappa shape index (κ3) is 3.38. The highest BCUT2D eigenvalue weighted by molar-refractivity contribution is 7.12. The summed E-state index contributed by atoms with van der Waals surface area (Å²) in [6.07, 6.45) is 1.07. The SMILES string of the molecule is CCc1ccc(CNc2cc(OC)c(Cl)cc2OC)s1. The van der Waals surface area contributed by atoms with Gasteiger partial charge < -0.3 is 14.8 Å². The van der Waals surface area contributed by atoms with Gasteiger partial charge in [-0.05, 0) is 18.6 Å². The molecule has 0 aliphatic heterocycles. The summed E-state index contributed by atoms with van der Waals surface area (Å²) >= 11 is 7.91. The van der Waals surface area contributed by atoms with Crippen molar-refractivity contribution in [2.75, 3.05) is 19.5 Å². The predicted octanol–water partition coefficient (Wildman–Crippen LogP) is 4.59. The maximum atomic E-state index is 6.09. The molecule has 1 heterocycles. The number of halogens is 1. The molecule has 3 nitrogen and oxygen atoms in total. The van der Waals surface area contributed by atoms with Crippen molar-refractivity contribution in [2.45, 2.75) is 19.9 Å². The van der Waals surface area contributed by atoms with Crippen molar-refractivity contribution in [1.29, 1.82) is 0 Å². The van der Waals surface area contributed by atoms with Crippen LogP contribution in [0.1, 0.15) is 16.7 Å². The van der Waals surface area contributed by atoms with Gasteiger partial charge in [-0.15, -0.1) is 11.3 Å². The Bertz CT molecular complexity index is 583. The fraction of sp³-hybridized carbons (Fsp3) is 0.333. The molecule has 0 saturated carbocycles. The summed E-state index contributed by atoms with van der Waals surface area (Å²) < 4.78 is 10.6. The lowest BCUT2D eigenvalue weighted by Crippen LogP contribution is -2.00. The van der Waals surface area contributed by atoms with Crippen molar-refractivity contribution in [3.8, 4) is 11.5 Å². The minimum absolute atomic E-state index is 0.541. The van der Waals surface area contributed by atoms with Crippen LogP contribution in [0.15, 0.2) is 24.3 Å². The Balaban J connectivity index is 2.15. The van der Waals surface area contributed by atoms with Crippen LogP contribution in [0.2, 0.25) is 5.02 Å². The van der Waals surface area contributed by atoms with Crippen LogP contribution < -0.4 is 14.8 Å². The number of thiophene rings is 1. The maximum absolute atomic E-state index is 6.09. The van der Waals surface area contributed by atoms with Gasteiger partial charge in [0.05, 0.1) is 24.9 Å². The Labute approximate surface area is 128 Å². The molecule has 1 aromatic heterocycles. The number of nitrogens with one attached hydrogen (secondary N) is 1. The molecule has 5 heteroatoms. The molecule has 0 aliphatic rings. The zero-order chi connectivity index (χ0) is 14.5. The minimum atomic E-state index is 0.541. The van der Waals surface area contributed by atoms with E-state index in [0.717, 1.165) is 18.7 Å². The highest BCUT2D eigenvalue weighted by atomic mass is 35.5. The van der Waals surface area contributed by atoms with Gasteiger partial charge in [0, 0.05) is 28.4 Å². The summed E-state index contributed by atoms with van der Waals surface area (Å²) in [6.45, 7) is 2.92. The first-order valence-electron chi connectivity index (χ1n) is 6.41. The Morgan fingerprint density at radius 2 is 1.80 bits per heavy atom. The average Bonchev–Trinajstić information content (AvgIpc) is 2.93. The molecule has 0 bridgehead atoms. The highest BCUT2D eigenvalue weighted by Gasteiger charge is 2.10. The number of hydrogen-bond donors (Lipinski definition) is 1. The molecule has 0 unspecified atom stereocenters. The summed E-state index contributed by atoms with van der Waals surface area (Å²) in [5.74, 6) is 1.35. The normalized spacial score (nSPS) is 10.4. The number of hydrogen-bond acceptors (Lipinski definition) is 4. The Hall–Kier alpha value is -1.39. The molecule has 0 saturated heterocycles. The minimum Gasteiger partial charge on any atom is -0.495 e. The number of benzene rings is 1. The zero-order valence-corrected chi connectivity index (χ0v) is 13.4. The number of methoxy groups -OCH3 is 2. The quantitative estimate of drug-likeness (QED) is 0.846. The van der Waals surface area contributed by atoms with Gasteiger partial charge in [-0.3, -0.25) is 0 Å². The van der Waals surface area contributed by atoms with Gasteiger partial charge in [-0.2, -0.15) is 0 Å². The van der Waals surface area contributed by atoms with Crippen LogP contribution in [0.4, 0.5) is 5.69 Å². The number of ether oxygens (including phenoxy) is 2. The van der Waals surface area contributed by atoms with Gasteiger partial charge in [0.15, 0.2) is 0 Å². The van der Waals surface area contributed by atoms with E-state index in [9.17, 15) is 0 Å². The van der Waals surface area contributed by atoms with Gasteiger partial charge in [0.1, 0.15) is 11.5 Å². The summed E-state index contributed by atoms with van der Waals surface area (Å²) in [7, 11) is 3.23. The van der Waals surface area contributed by atoms with Crippen LogP contribution in [-0.2, 0) is 13.0 Å². The Kier molecular flexibility index (Phi) is 5.15. The van der Waals surface area contributed by atoms with E-state index in [0.29, 0.717) is 16.5 Å². The monoisotopic (exact) mass is 311 g/mol. The molecule has 0 amide bonds. The number of anilines is 1. The molecule has 0 aliphatic carbocycles. The maximum Gasteiger partial charge on any atom is 0.143 e. The summed E-state index contributed by atoms with van der Waals surface area (Å²) in [5, 5.41) is 3.91. The van der Waals surface area contributed by atoms with E-state index < -0.39 is 0 Å². The van der Waals surface area contributed by atoms with E-state index in [1.807, 2.05) is 17.4 Å². The molecule has 2 aromatic rings. The Morgan fingerprint density at radius 3 is 2.40 bits per heavy atom. The summed E-state index contributed by atoms with van der Waals surface area (Å²) in [4.78, 5) is 2.68. The molecule has 108 valence electrons. The third-order valence-corrected chi connectivity index (χ3v) is 4.52. The molecule has 1 aromatic carbocycles. The Morgan fingerprint density at radius 1 is 1.10 bits per heavy atom. The molecule has 2 rings (SSSR count). The second kappa shape index (κ2) is 6.86. The summed E-state index contributed by atoms with van der Waals surface area (Å²) in [5.41, 5.74) is 0.875. The molecular weight excluding hydrogens is 294 g/mol. The number of rotatable bonds is 6. The fourth-order valence-corrected chi connectivity index (χ4v) is 3.02. The van der Waals surface area contributed by atoms with Crippen molar-refractivity contribution in [3.05, 3.63) is 39.0 Å². The molecule has 20 heavy (non-hydrogen) atoms. The molecular formula is C15H18ClNO2S. The predicted molar refractivity (Wildman–Crippen MR) is 85.6 cm³/mol. The standard InChI is InChI=1S/C15H18ClNO2S/c1-4-10-5-6-11(20-10)9-17-13-8-14(18-2)12(16)7-15(13)19-3/h5-8,17H,4,9H2,1-3H3. The van der Waals surface area contributed by atoms with Crippen LogP contribution in [0.5, 0.6) is 11.5 Å². The van der Waals surface area contributed by atoms with E-state index >= 15 is 0 Å². The van der Waals surface area contributed by atoms with Crippen LogP contribution in [-0.4, -0.2) is 14.2 Å². The molecule has 0 fully saturated rings. The average molecular weight is 312 g/mol. The highest BCUT2D eigenvalue weighted by Crippen LogP contribution is 2.36. The first-order valence-corrected chi connectivity index (χ1v) is 7.60. The largest absolute Gasteiger partial charge is 0.495 e. The van der Waals surface area contributed by atoms with E-state index in [2.05, 4.69) is 24.4 Å². The lowest BCUT2D eigenvalue weighted by molar-refractivity contribution is 0.404. The molecule has 0 atom stereocenters. The second-order valence-electron chi connectivity index (χ2n) is 4.26. The lowest BCUT2D eigenvalue weighted by Gasteiger charge is -2.13. The summed E-state index contributed by atoms with van der Waals surface area (Å²) in [6, 6.07) is 7.93. The lowest BCUT2D eigenvalue weighted by atomic mass is 10.2. The van der Waals surface area contributed by atoms with Crippen molar-refractivity contribution in [1.82, 2.24) is 0 Å². The zero-order valence-electron chi connectivity index (χ0n) is 11.8. The first kappa shape index (κ1) is 15.0. The fourth-order valence-electron chi connectivity index (χ4n) is 1.89. The van der Waals surface area contributed by atoms with Gasteiger partial charge in [-0.25, -0.2) is 0 Å². The topological polar surface area (TPSA) is 30.5 Å².